The van der Waals surface area contributed by atoms with Crippen LogP contribution in [0, 0.1) is 17.5 Å². The number of carbonyl (C=O) groups excluding carboxylic acids is 1. The lowest BCUT2D eigenvalue weighted by Gasteiger charge is -2.32. The first-order valence-corrected chi connectivity index (χ1v) is 11.8. The van der Waals surface area contributed by atoms with Crippen LogP contribution in [-0.4, -0.2) is 36.6 Å². The molecule has 1 aliphatic rings. The van der Waals surface area contributed by atoms with E-state index in [0.29, 0.717) is 29.7 Å². The highest BCUT2D eigenvalue weighted by atomic mass is 35.5. The lowest BCUT2D eigenvalue weighted by atomic mass is 9.88. The van der Waals surface area contributed by atoms with Crippen molar-refractivity contribution in [3.63, 3.8) is 0 Å². The van der Waals surface area contributed by atoms with E-state index >= 15 is 0 Å². The summed E-state index contributed by atoms with van der Waals surface area (Å²) in [5.74, 6) is -5.27. The predicted octanol–water partition coefficient (Wildman–Crippen LogP) is 5.89. The first-order valence-electron chi connectivity index (χ1n) is 11.1. The van der Waals surface area contributed by atoms with Gasteiger partial charge < -0.3 is 15.3 Å². The maximum Gasteiger partial charge on any atom is 0.326 e. The van der Waals surface area contributed by atoms with Gasteiger partial charge in [0.25, 0.3) is 5.91 Å². The summed E-state index contributed by atoms with van der Waals surface area (Å²) < 4.78 is 41.9. The van der Waals surface area contributed by atoms with Gasteiger partial charge in [-0.2, -0.15) is 0 Å². The van der Waals surface area contributed by atoms with E-state index in [1.807, 2.05) is 11.9 Å². The molecule has 0 spiro atoms. The summed E-state index contributed by atoms with van der Waals surface area (Å²) in [4.78, 5) is 26.5. The molecule has 1 heterocycles. The number of fused-ring (bicyclic) bond motifs is 1. The minimum Gasteiger partial charge on any atom is -0.480 e. The van der Waals surface area contributed by atoms with Gasteiger partial charge in [0.1, 0.15) is 29.1 Å². The normalized spacial score (nSPS) is 13.8. The van der Waals surface area contributed by atoms with Gasteiger partial charge in [-0.3, -0.25) is 4.79 Å². The number of aliphatic carboxylic acids is 1. The molecule has 3 aromatic carbocycles. The van der Waals surface area contributed by atoms with Crippen molar-refractivity contribution in [1.29, 1.82) is 0 Å². The first kappa shape index (κ1) is 25.9. The van der Waals surface area contributed by atoms with Crippen LogP contribution in [0.2, 0.25) is 10.0 Å². The Labute approximate surface area is 215 Å². The van der Waals surface area contributed by atoms with Crippen LogP contribution in [-0.2, 0) is 17.6 Å². The zero-order valence-corrected chi connectivity index (χ0v) is 20.6. The topological polar surface area (TPSA) is 69.6 Å². The highest BCUT2D eigenvalue weighted by Crippen LogP contribution is 2.44. The van der Waals surface area contributed by atoms with E-state index < -0.39 is 40.9 Å². The standard InChI is InChI=1S/C26H21Cl2F3N2O3/c1-33-9-3-4-15-13(7-8-16(24(15)33)22-17(27)11-14(29)12-18(22)28)10-21(26(35)36)32-25(34)23-19(30)5-2-6-20(23)31/h2,5-8,11-12,21H,3-4,9-10H2,1H3,(H,32,34)(H,35,36). The molecule has 10 heteroatoms. The van der Waals surface area contributed by atoms with Crippen molar-refractivity contribution in [3.05, 3.63) is 86.7 Å². The van der Waals surface area contributed by atoms with Gasteiger partial charge in [0.15, 0.2) is 0 Å². The van der Waals surface area contributed by atoms with Crippen LogP contribution in [0.15, 0.2) is 42.5 Å². The van der Waals surface area contributed by atoms with Crippen LogP contribution < -0.4 is 10.2 Å². The molecule has 1 atom stereocenters. The van der Waals surface area contributed by atoms with Crippen molar-refractivity contribution >= 4 is 40.8 Å². The Morgan fingerprint density at radius 3 is 2.33 bits per heavy atom. The van der Waals surface area contributed by atoms with Crippen molar-refractivity contribution < 1.29 is 27.9 Å². The molecule has 188 valence electrons. The second-order valence-electron chi connectivity index (χ2n) is 8.53. The molecule has 1 amide bonds. The molecule has 36 heavy (non-hydrogen) atoms. The van der Waals surface area contributed by atoms with E-state index in [0.717, 1.165) is 35.9 Å². The van der Waals surface area contributed by atoms with Crippen molar-refractivity contribution in [2.24, 2.45) is 0 Å². The number of carbonyl (C=O) groups is 2. The maximum atomic E-state index is 14.0. The van der Waals surface area contributed by atoms with Crippen molar-refractivity contribution in [1.82, 2.24) is 5.32 Å². The fraction of sp³-hybridized carbons (Fsp3) is 0.231. The highest BCUT2D eigenvalue weighted by molar-refractivity contribution is 6.39. The first-order chi connectivity index (χ1) is 17.1. The van der Waals surface area contributed by atoms with E-state index in [1.54, 1.807) is 12.1 Å². The van der Waals surface area contributed by atoms with Crippen LogP contribution >= 0.6 is 23.2 Å². The zero-order valence-electron chi connectivity index (χ0n) is 19.0. The van der Waals surface area contributed by atoms with Crippen molar-refractivity contribution in [2.45, 2.75) is 25.3 Å². The van der Waals surface area contributed by atoms with Crippen LogP contribution in [0.4, 0.5) is 18.9 Å². The van der Waals surface area contributed by atoms with Gasteiger partial charge in [0.05, 0.1) is 10.0 Å². The van der Waals surface area contributed by atoms with E-state index in [1.165, 1.54) is 12.1 Å². The molecule has 3 aromatic rings. The van der Waals surface area contributed by atoms with Crippen LogP contribution in [0.1, 0.15) is 27.9 Å². The van der Waals surface area contributed by atoms with Gasteiger partial charge in [-0.15, -0.1) is 0 Å². The molecule has 1 aliphatic heterocycles. The number of hydrogen-bond donors (Lipinski definition) is 2. The number of anilines is 1. The summed E-state index contributed by atoms with van der Waals surface area (Å²) in [6.45, 7) is 0.714. The molecule has 0 saturated heterocycles. The second-order valence-corrected chi connectivity index (χ2v) is 9.35. The van der Waals surface area contributed by atoms with Crippen LogP contribution in [0.3, 0.4) is 0 Å². The molecular weight excluding hydrogens is 516 g/mol. The van der Waals surface area contributed by atoms with E-state index in [4.69, 9.17) is 23.2 Å². The molecule has 0 aromatic heterocycles. The number of benzene rings is 3. The Kier molecular flexibility index (Phi) is 7.47. The molecule has 0 aliphatic carbocycles. The average molecular weight is 537 g/mol. The molecule has 0 saturated carbocycles. The van der Waals surface area contributed by atoms with Crippen LogP contribution in [0.5, 0.6) is 0 Å². The molecule has 0 fully saturated rings. The van der Waals surface area contributed by atoms with Gasteiger partial charge in [-0.1, -0.05) is 41.4 Å². The lowest BCUT2D eigenvalue weighted by Crippen LogP contribution is -2.43. The number of rotatable bonds is 6. The second kappa shape index (κ2) is 10.4. The third-order valence-corrected chi connectivity index (χ3v) is 6.77. The number of nitrogens with one attached hydrogen (secondary N) is 1. The van der Waals surface area contributed by atoms with E-state index in [-0.39, 0.29) is 16.5 Å². The summed E-state index contributed by atoms with van der Waals surface area (Å²) in [5.41, 5.74) is 2.50. The lowest BCUT2D eigenvalue weighted by molar-refractivity contribution is -0.139. The molecule has 5 nitrogen and oxygen atoms in total. The molecule has 1 unspecified atom stereocenters. The fourth-order valence-electron chi connectivity index (χ4n) is 4.56. The Balaban J connectivity index is 1.73. The number of nitrogens with zero attached hydrogens (tertiary/aromatic N) is 1. The Morgan fingerprint density at radius 2 is 1.72 bits per heavy atom. The molecule has 2 N–H and O–H groups in total. The minimum absolute atomic E-state index is 0.127. The summed E-state index contributed by atoms with van der Waals surface area (Å²) in [5, 5.41) is 12.3. The highest BCUT2D eigenvalue weighted by Gasteiger charge is 2.29. The third-order valence-electron chi connectivity index (χ3n) is 6.18. The molecule has 0 bridgehead atoms. The number of carboxylic acid groups (broad SMARTS) is 1. The van der Waals surface area contributed by atoms with Crippen LogP contribution in [0.25, 0.3) is 11.1 Å². The Bertz CT molecular complexity index is 1320. The monoisotopic (exact) mass is 536 g/mol. The Hall–Kier alpha value is -3.23. The number of hydrogen-bond acceptors (Lipinski definition) is 3. The maximum absolute atomic E-state index is 14.0. The van der Waals surface area contributed by atoms with Gasteiger partial charge in [-0.25, -0.2) is 18.0 Å². The smallest absolute Gasteiger partial charge is 0.326 e. The van der Waals surface area contributed by atoms with E-state index in [2.05, 4.69) is 5.32 Å². The van der Waals surface area contributed by atoms with Gasteiger partial charge in [-0.05, 0) is 48.2 Å². The zero-order chi connectivity index (χ0) is 26.1. The Morgan fingerprint density at radius 1 is 1.08 bits per heavy atom. The van der Waals surface area contributed by atoms with Crippen molar-refractivity contribution in [2.75, 3.05) is 18.5 Å². The summed E-state index contributed by atoms with van der Waals surface area (Å²) in [7, 11) is 1.87. The van der Waals surface area contributed by atoms with Gasteiger partial charge in [0, 0.05) is 36.8 Å². The average Bonchev–Trinajstić information content (AvgIpc) is 2.79. The molecule has 4 rings (SSSR count). The predicted molar refractivity (Wildman–Crippen MR) is 132 cm³/mol. The number of amides is 1. The van der Waals surface area contributed by atoms with Gasteiger partial charge >= 0.3 is 5.97 Å². The summed E-state index contributed by atoms with van der Waals surface area (Å²) >= 11 is 12.7. The summed E-state index contributed by atoms with van der Waals surface area (Å²) in [6.07, 6.45) is 1.27. The largest absolute Gasteiger partial charge is 0.480 e. The van der Waals surface area contributed by atoms with Crippen molar-refractivity contribution in [3.8, 4) is 11.1 Å². The van der Waals surface area contributed by atoms with Gasteiger partial charge in [0.2, 0.25) is 0 Å². The number of carboxylic acids is 1. The SMILES string of the molecule is CN1CCCc2c(CC(NC(=O)c3c(F)cccc3F)C(=O)O)ccc(-c3c(Cl)cc(F)cc3Cl)c21. The quantitative estimate of drug-likeness (QED) is 0.412. The minimum atomic E-state index is -1.45. The third kappa shape index (κ3) is 5.01. The molecular formula is C26H21Cl2F3N2O3. The summed E-state index contributed by atoms with van der Waals surface area (Å²) in [6, 6.07) is 7.27. The van der Waals surface area contributed by atoms with E-state index in [9.17, 15) is 27.9 Å². The fourth-order valence-corrected chi connectivity index (χ4v) is 5.22. The molecule has 0 radical (unpaired) electrons. The number of halogens is 5.